The van der Waals surface area contributed by atoms with E-state index >= 15 is 0 Å². The third-order valence-corrected chi connectivity index (χ3v) is 6.42. The molecule has 114 valence electrons. The Morgan fingerprint density at radius 3 is 1.41 bits per heavy atom. The summed E-state index contributed by atoms with van der Waals surface area (Å²) in [5, 5.41) is 0. The van der Waals surface area contributed by atoms with Gasteiger partial charge in [-0.05, 0) is 99.3 Å². The smallest absolute Gasteiger partial charge is 0.0630 e. The molecule has 5 rings (SSSR count). The number of benzene rings is 1. The molecule has 0 N–H and O–H groups in total. The zero-order chi connectivity index (χ0) is 14.5. The van der Waals surface area contributed by atoms with Gasteiger partial charge in [0.05, 0.1) is 11.4 Å². The van der Waals surface area contributed by atoms with E-state index in [1.807, 2.05) is 0 Å². The van der Waals surface area contributed by atoms with Crippen molar-refractivity contribution in [3.63, 3.8) is 0 Å². The molecule has 4 fully saturated rings. The molecule has 0 spiro atoms. The maximum Gasteiger partial charge on any atom is 0.0630 e. The van der Waals surface area contributed by atoms with Crippen molar-refractivity contribution in [3.05, 3.63) is 24.3 Å². The molecular formula is C20H24N2. The SMILES string of the molecule is c1cc(N=C2CC3CCC2C3)ccc1N=C1CC2CCC1C2. The van der Waals surface area contributed by atoms with Gasteiger partial charge in [-0.1, -0.05) is 0 Å². The molecule has 4 saturated carbocycles. The van der Waals surface area contributed by atoms with Crippen molar-refractivity contribution in [1.29, 1.82) is 0 Å². The van der Waals surface area contributed by atoms with Crippen LogP contribution in [0.4, 0.5) is 11.4 Å². The van der Waals surface area contributed by atoms with Crippen molar-refractivity contribution in [2.45, 2.75) is 51.4 Å². The predicted molar refractivity (Wildman–Crippen MR) is 91.5 cm³/mol. The second kappa shape index (κ2) is 5.04. The van der Waals surface area contributed by atoms with Crippen molar-refractivity contribution >= 4 is 22.8 Å². The minimum absolute atomic E-state index is 0.791. The molecule has 1 aromatic rings. The third kappa shape index (κ3) is 2.24. The average molecular weight is 292 g/mol. The van der Waals surface area contributed by atoms with Gasteiger partial charge < -0.3 is 0 Å². The van der Waals surface area contributed by atoms with Crippen LogP contribution in [0, 0.1) is 23.7 Å². The van der Waals surface area contributed by atoms with Crippen molar-refractivity contribution in [1.82, 2.24) is 0 Å². The first-order valence-corrected chi connectivity index (χ1v) is 9.08. The van der Waals surface area contributed by atoms with Crippen LogP contribution in [0.25, 0.3) is 0 Å². The van der Waals surface area contributed by atoms with Crippen LogP contribution in [-0.4, -0.2) is 11.4 Å². The molecule has 22 heavy (non-hydrogen) atoms. The summed E-state index contributed by atoms with van der Waals surface area (Å²) in [7, 11) is 0. The number of aliphatic imine (C=N–C) groups is 2. The number of hydrogen-bond acceptors (Lipinski definition) is 2. The first-order chi connectivity index (χ1) is 10.8. The molecule has 0 amide bonds. The number of rotatable bonds is 2. The van der Waals surface area contributed by atoms with Gasteiger partial charge in [-0.25, -0.2) is 0 Å². The van der Waals surface area contributed by atoms with Crippen molar-refractivity contribution < 1.29 is 0 Å². The van der Waals surface area contributed by atoms with Crippen LogP contribution in [0.3, 0.4) is 0 Å². The summed E-state index contributed by atoms with van der Waals surface area (Å²) in [5.41, 5.74) is 5.17. The summed E-state index contributed by atoms with van der Waals surface area (Å²) in [4.78, 5) is 9.84. The highest BCUT2D eigenvalue weighted by molar-refractivity contribution is 5.93. The van der Waals surface area contributed by atoms with Gasteiger partial charge in [0.25, 0.3) is 0 Å². The Morgan fingerprint density at radius 1 is 0.636 bits per heavy atom. The van der Waals surface area contributed by atoms with Crippen LogP contribution in [0.1, 0.15) is 51.4 Å². The van der Waals surface area contributed by atoms with Crippen LogP contribution in [0.2, 0.25) is 0 Å². The molecule has 2 nitrogen and oxygen atoms in total. The lowest BCUT2D eigenvalue weighted by Crippen LogP contribution is -2.08. The van der Waals surface area contributed by atoms with Crippen molar-refractivity contribution in [3.8, 4) is 0 Å². The first kappa shape index (κ1) is 13.0. The summed E-state index contributed by atoms with van der Waals surface area (Å²) >= 11 is 0. The van der Waals surface area contributed by atoms with Crippen LogP contribution < -0.4 is 0 Å². The molecule has 0 radical (unpaired) electrons. The number of hydrogen-bond donors (Lipinski definition) is 0. The van der Waals surface area contributed by atoms with Crippen LogP contribution in [0.15, 0.2) is 34.3 Å². The Bertz CT molecular complexity index is 583. The van der Waals surface area contributed by atoms with E-state index in [1.165, 1.54) is 62.8 Å². The standard InChI is InChI=1S/C20H24N2/c1-3-15-9-13(1)11-19(15)21-17-5-7-18(8-6-17)22-20-12-14-2-4-16(20)10-14/h5-8,13-16H,1-4,9-12H2. The summed E-state index contributed by atoms with van der Waals surface area (Å²) in [6.07, 6.45) is 10.9. The van der Waals surface area contributed by atoms with E-state index in [2.05, 4.69) is 24.3 Å². The second-order valence-corrected chi connectivity index (χ2v) is 7.88. The Kier molecular flexibility index (Phi) is 2.99. The van der Waals surface area contributed by atoms with E-state index in [9.17, 15) is 0 Å². The first-order valence-electron chi connectivity index (χ1n) is 9.08. The quantitative estimate of drug-likeness (QED) is 0.690. The highest BCUT2D eigenvalue weighted by Gasteiger charge is 2.37. The van der Waals surface area contributed by atoms with Gasteiger partial charge in [-0.2, -0.15) is 0 Å². The van der Waals surface area contributed by atoms with E-state index in [-0.39, 0.29) is 0 Å². The molecule has 0 aromatic heterocycles. The number of nitrogens with zero attached hydrogens (tertiary/aromatic N) is 2. The predicted octanol–water partition coefficient (Wildman–Crippen LogP) is 5.47. The Morgan fingerprint density at radius 2 is 1.09 bits per heavy atom. The summed E-state index contributed by atoms with van der Waals surface area (Å²) in [6.45, 7) is 0. The van der Waals surface area contributed by atoms with Gasteiger partial charge in [0.15, 0.2) is 0 Å². The summed E-state index contributed by atoms with van der Waals surface area (Å²) < 4.78 is 0. The molecule has 2 heteroatoms. The lowest BCUT2D eigenvalue weighted by Gasteiger charge is -2.12. The van der Waals surface area contributed by atoms with Gasteiger partial charge in [0, 0.05) is 11.4 Å². The van der Waals surface area contributed by atoms with Gasteiger partial charge in [0.2, 0.25) is 0 Å². The summed E-state index contributed by atoms with van der Waals surface area (Å²) in [5.74, 6) is 3.46. The lowest BCUT2D eigenvalue weighted by atomic mass is 9.98. The monoisotopic (exact) mass is 292 g/mol. The van der Waals surface area contributed by atoms with Crippen LogP contribution >= 0.6 is 0 Å². The van der Waals surface area contributed by atoms with Gasteiger partial charge in [0.1, 0.15) is 0 Å². The fourth-order valence-electron chi connectivity index (χ4n) is 5.26. The second-order valence-electron chi connectivity index (χ2n) is 7.88. The molecule has 4 aliphatic rings. The molecule has 4 atom stereocenters. The van der Waals surface area contributed by atoms with Gasteiger partial charge in [-0.15, -0.1) is 0 Å². The highest BCUT2D eigenvalue weighted by Crippen LogP contribution is 2.44. The minimum atomic E-state index is 0.791. The maximum atomic E-state index is 4.92. The Balaban J connectivity index is 1.33. The van der Waals surface area contributed by atoms with Crippen LogP contribution in [-0.2, 0) is 0 Å². The van der Waals surface area contributed by atoms with E-state index < -0.39 is 0 Å². The molecule has 1 aromatic carbocycles. The molecule has 0 saturated heterocycles. The zero-order valence-corrected chi connectivity index (χ0v) is 13.2. The Hall–Kier alpha value is -1.44. The average Bonchev–Trinajstić information content (AvgIpc) is 3.29. The Labute approximate surface area is 132 Å². The largest absolute Gasteiger partial charge is 0.258 e. The normalized spacial score (nSPS) is 39.5. The molecule has 4 unspecified atom stereocenters. The lowest BCUT2D eigenvalue weighted by molar-refractivity contribution is 0.592. The summed E-state index contributed by atoms with van der Waals surface area (Å²) in [6, 6.07) is 8.63. The van der Waals surface area contributed by atoms with Crippen molar-refractivity contribution in [2.75, 3.05) is 0 Å². The molecular weight excluding hydrogens is 268 g/mol. The molecule has 4 bridgehead atoms. The van der Waals surface area contributed by atoms with E-state index in [4.69, 9.17) is 9.98 Å². The van der Waals surface area contributed by atoms with Crippen molar-refractivity contribution in [2.24, 2.45) is 33.7 Å². The van der Waals surface area contributed by atoms with Gasteiger partial charge >= 0.3 is 0 Å². The maximum absolute atomic E-state index is 4.92. The van der Waals surface area contributed by atoms with E-state index in [0.29, 0.717) is 0 Å². The van der Waals surface area contributed by atoms with Gasteiger partial charge in [-0.3, -0.25) is 9.98 Å². The van der Waals surface area contributed by atoms with E-state index in [1.54, 1.807) is 0 Å². The third-order valence-electron chi connectivity index (χ3n) is 6.42. The molecule has 4 aliphatic carbocycles. The topological polar surface area (TPSA) is 24.7 Å². The fraction of sp³-hybridized carbons (Fsp3) is 0.600. The molecule has 0 aliphatic heterocycles. The van der Waals surface area contributed by atoms with E-state index in [0.717, 1.165) is 35.0 Å². The highest BCUT2D eigenvalue weighted by atomic mass is 14.8. The number of fused-ring (bicyclic) bond motifs is 4. The zero-order valence-electron chi connectivity index (χ0n) is 13.2. The minimum Gasteiger partial charge on any atom is -0.258 e. The fourth-order valence-corrected chi connectivity index (χ4v) is 5.26. The van der Waals surface area contributed by atoms with Crippen LogP contribution in [0.5, 0.6) is 0 Å². The molecule has 0 heterocycles.